The number of thioether (sulfide) groups is 1. The molecule has 1 amide bonds. The van der Waals surface area contributed by atoms with Gasteiger partial charge in [-0.2, -0.15) is 0 Å². The number of carbonyl (C=O) groups excluding carboxylic acids is 1. The first-order valence-corrected chi connectivity index (χ1v) is 11.2. The quantitative estimate of drug-likeness (QED) is 0.242. The van der Waals surface area contributed by atoms with Gasteiger partial charge in [0.2, 0.25) is 11.0 Å². The molecule has 0 spiro atoms. The molecule has 1 aliphatic carbocycles. The number of rotatable bonds is 6. The maximum atomic E-state index is 12.1. The van der Waals surface area contributed by atoms with Gasteiger partial charge in [-0.25, -0.2) is 0 Å². The molecule has 0 saturated carbocycles. The normalized spacial score (nSPS) is 16.6. The summed E-state index contributed by atoms with van der Waals surface area (Å²) in [5.41, 5.74) is 1.27. The number of hydrogen-bond acceptors (Lipinski definition) is 5. The Hall–Kier alpha value is -2.44. The van der Waals surface area contributed by atoms with Gasteiger partial charge in [-0.15, -0.1) is 10.2 Å². The number of hydrogen-bond donors (Lipinski definition) is 1. The molecular weight excluding hydrogens is 386 g/mol. The van der Waals surface area contributed by atoms with Gasteiger partial charge >= 0.3 is 0 Å². The lowest BCUT2D eigenvalue weighted by Crippen LogP contribution is -2.09. The van der Waals surface area contributed by atoms with Crippen LogP contribution < -0.4 is 5.32 Å². The zero-order valence-electron chi connectivity index (χ0n) is 15.4. The molecule has 1 unspecified atom stereocenters. The van der Waals surface area contributed by atoms with Gasteiger partial charge in [0.05, 0.1) is 0 Å². The van der Waals surface area contributed by atoms with Gasteiger partial charge < -0.3 is 0 Å². The second kappa shape index (κ2) is 9.17. The number of benzene rings is 2. The summed E-state index contributed by atoms with van der Waals surface area (Å²) < 4.78 is 0.852. The van der Waals surface area contributed by atoms with E-state index in [4.69, 9.17) is 0 Å². The number of carbonyl (C=O) groups is 1. The number of aromatic nitrogens is 2. The lowest BCUT2D eigenvalue weighted by molar-refractivity contribution is -0.111. The molecule has 0 bridgehead atoms. The summed E-state index contributed by atoms with van der Waals surface area (Å²) in [6.45, 7) is 0. The molecule has 1 heterocycles. The number of fused-ring (bicyclic) bond motifs is 1. The highest BCUT2D eigenvalue weighted by Crippen LogP contribution is 2.30. The zero-order chi connectivity index (χ0) is 19.2. The van der Waals surface area contributed by atoms with Crippen LogP contribution in [-0.4, -0.2) is 16.1 Å². The molecule has 1 atom stereocenters. The van der Waals surface area contributed by atoms with Gasteiger partial charge in [0, 0.05) is 5.75 Å². The Bertz CT molecular complexity index is 1020. The Labute approximate surface area is 172 Å². The van der Waals surface area contributed by atoms with E-state index < -0.39 is 0 Å². The summed E-state index contributed by atoms with van der Waals surface area (Å²) >= 11 is 3.05. The second-order valence-corrected chi connectivity index (χ2v) is 8.89. The highest BCUT2D eigenvalue weighted by atomic mass is 32.2. The minimum absolute atomic E-state index is 0.142. The van der Waals surface area contributed by atoms with E-state index in [1.54, 1.807) is 17.8 Å². The molecule has 0 fully saturated rings. The molecule has 4 nitrogen and oxygen atoms in total. The van der Waals surface area contributed by atoms with Crippen molar-refractivity contribution in [2.75, 3.05) is 5.32 Å². The number of anilines is 1. The van der Waals surface area contributed by atoms with Crippen molar-refractivity contribution in [1.29, 1.82) is 0 Å². The molecule has 6 heteroatoms. The van der Waals surface area contributed by atoms with Crippen LogP contribution in [0.15, 0.2) is 71.1 Å². The summed E-state index contributed by atoms with van der Waals surface area (Å²) in [6.07, 6.45) is 11.2. The topological polar surface area (TPSA) is 54.9 Å². The van der Waals surface area contributed by atoms with Crippen molar-refractivity contribution in [2.45, 2.75) is 29.4 Å². The van der Waals surface area contributed by atoms with E-state index in [9.17, 15) is 4.79 Å². The number of amides is 1. The fourth-order valence-corrected chi connectivity index (χ4v) is 5.00. The van der Waals surface area contributed by atoms with Crippen LogP contribution in [0.2, 0.25) is 0 Å². The first kappa shape index (κ1) is 18.9. The highest BCUT2D eigenvalue weighted by Gasteiger charge is 2.10. The van der Waals surface area contributed by atoms with Crippen molar-refractivity contribution in [2.24, 2.45) is 5.92 Å². The van der Waals surface area contributed by atoms with Crippen molar-refractivity contribution >= 4 is 44.9 Å². The van der Waals surface area contributed by atoms with Crippen molar-refractivity contribution in [1.82, 2.24) is 10.2 Å². The summed E-state index contributed by atoms with van der Waals surface area (Å²) in [4.78, 5) is 12.1. The Morgan fingerprint density at radius 1 is 1.18 bits per heavy atom. The number of allylic oxidation sites excluding steroid dienone is 3. The smallest absolute Gasteiger partial charge is 0.249 e. The zero-order valence-corrected chi connectivity index (χ0v) is 17.0. The van der Waals surface area contributed by atoms with Crippen LogP contribution in [0.4, 0.5) is 5.13 Å². The van der Waals surface area contributed by atoms with Gasteiger partial charge in [-0.05, 0) is 47.6 Å². The predicted molar refractivity (Wildman–Crippen MR) is 118 cm³/mol. The SMILES string of the molecule is O=C(/C=C/C1CC=CCC1)Nc1nnc(SCc2cccc3ccccc23)s1. The average Bonchev–Trinajstić information content (AvgIpc) is 3.18. The van der Waals surface area contributed by atoms with Crippen molar-refractivity contribution in [3.8, 4) is 0 Å². The molecule has 28 heavy (non-hydrogen) atoms. The van der Waals surface area contributed by atoms with E-state index in [0.717, 1.165) is 29.4 Å². The molecule has 142 valence electrons. The third-order valence-corrected chi connectivity index (χ3v) is 6.72. The van der Waals surface area contributed by atoms with Crippen LogP contribution in [0.25, 0.3) is 10.8 Å². The van der Waals surface area contributed by atoms with Gasteiger partial charge in [0.15, 0.2) is 4.34 Å². The summed E-state index contributed by atoms with van der Waals surface area (Å²) in [6, 6.07) is 14.7. The van der Waals surface area contributed by atoms with Gasteiger partial charge in [0.25, 0.3) is 0 Å². The Morgan fingerprint density at radius 3 is 2.96 bits per heavy atom. The largest absolute Gasteiger partial charge is 0.297 e. The maximum absolute atomic E-state index is 12.1. The third kappa shape index (κ3) is 4.88. The molecule has 3 aromatic rings. The average molecular weight is 408 g/mol. The molecule has 0 radical (unpaired) electrons. The van der Waals surface area contributed by atoms with E-state index in [1.807, 2.05) is 6.08 Å². The van der Waals surface area contributed by atoms with Crippen LogP contribution in [0.3, 0.4) is 0 Å². The van der Waals surface area contributed by atoms with Crippen LogP contribution >= 0.6 is 23.1 Å². The first-order chi connectivity index (χ1) is 13.8. The first-order valence-electron chi connectivity index (χ1n) is 9.35. The fraction of sp³-hybridized carbons (Fsp3) is 0.227. The summed E-state index contributed by atoms with van der Waals surface area (Å²) in [5.74, 6) is 1.13. The lowest BCUT2D eigenvalue weighted by atomic mass is 9.94. The Morgan fingerprint density at radius 2 is 2.07 bits per heavy atom. The Kier molecular flexibility index (Phi) is 6.19. The molecule has 0 aliphatic heterocycles. The molecule has 2 aromatic carbocycles. The molecule has 1 aromatic heterocycles. The molecule has 4 rings (SSSR count). The molecule has 1 N–H and O–H groups in total. The second-order valence-electron chi connectivity index (χ2n) is 6.69. The molecule has 1 aliphatic rings. The lowest BCUT2D eigenvalue weighted by Gasteiger charge is -2.12. The van der Waals surface area contributed by atoms with E-state index >= 15 is 0 Å². The van der Waals surface area contributed by atoms with E-state index in [2.05, 4.69) is 70.1 Å². The maximum Gasteiger partial charge on any atom is 0.249 e. The van der Waals surface area contributed by atoms with Crippen LogP contribution in [0, 0.1) is 5.92 Å². The number of nitrogens with one attached hydrogen (secondary N) is 1. The van der Waals surface area contributed by atoms with E-state index in [0.29, 0.717) is 11.0 Å². The Balaban J connectivity index is 1.33. The van der Waals surface area contributed by atoms with Crippen LogP contribution in [0.5, 0.6) is 0 Å². The van der Waals surface area contributed by atoms with E-state index in [-0.39, 0.29) is 5.91 Å². The van der Waals surface area contributed by atoms with Crippen LogP contribution in [-0.2, 0) is 10.5 Å². The molecular formula is C22H21N3OS2. The monoisotopic (exact) mass is 407 g/mol. The van der Waals surface area contributed by atoms with Gasteiger partial charge in [0.1, 0.15) is 0 Å². The summed E-state index contributed by atoms with van der Waals surface area (Å²) in [5, 5.41) is 14.2. The number of nitrogens with zero attached hydrogens (tertiary/aromatic N) is 2. The predicted octanol–water partition coefficient (Wildman–Crippen LogP) is 5.83. The standard InChI is InChI=1S/C22H21N3OS2/c26-20(14-13-16-7-2-1-3-8-16)23-21-24-25-22(28-21)27-15-18-11-6-10-17-9-4-5-12-19(17)18/h1-2,4-6,9-14,16H,3,7-8,15H2,(H,23,24,26)/b14-13+. The van der Waals surface area contributed by atoms with Gasteiger partial charge in [-0.1, -0.05) is 83.8 Å². The van der Waals surface area contributed by atoms with Crippen molar-refractivity contribution in [3.05, 3.63) is 72.3 Å². The minimum Gasteiger partial charge on any atom is -0.297 e. The van der Waals surface area contributed by atoms with Gasteiger partial charge in [-0.3, -0.25) is 10.1 Å². The minimum atomic E-state index is -0.142. The van der Waals surface area contributed by atoms with Crippen LogP contribution in [0.1, 0.15) is 24.8 Å². The van der Waals surface area contributed by atoms with Crippen molar-refractivity contribution < 1.29 is 4.79 Å². The van der Waals surface area contributed by atoms with Crippen molar-refractivity contribution in [3.63, 3.8) is 0 Å². The fourth-order valence-electron chi connectivity index (χ4n) is 3.24. The highest BCUT2D eigenvalue weighted by molar-refractivity contribution is 8.00. The third-order valence-electron chi connectivity index (χ3n) is 4.70. The molecule has 0 saturated heterocycles. The summed E-state index contributed by atoms with van der Waals surface area (Å²) in [7, 11) is 0. The van der Waals surface area contributed by atoms with E-state index in [1.165, 1.54) is 27.7 Å².